The highest BCUT2D eigenvalue weighted by molar-refractivity contribution is 7.99. The molecular weight excluding hydrogens is 476 g/mol. The Morgan fingerprint density at radius 1 is 1.18 bits per heavy atom. The first-order chi connectivity index (χ1) is 16.1. The summed E-state index contributed by atoms with van der Waals surface area (Å²) < 4.78 is 11.5. The standard InChI is InChI=1S/C25H23ClN2O3S2/c1-30-19-14-15(13-18(26)22(19)31-11-12-32-16-7-3-2-4-8-16)23-27-24(29)21-17-9-5-6-10-20(17)33-25(21)28-23/h2-4,7-8,13-14H,5-6,9-12H2,1H3,(H,27,28,29). The van der Waals surface area contributed by atoms with Crippen LogP contribution in [0.1, 0.15) is 23.3 Å². The lowest BCUT2D eigenvalue weighted by Gasteiger charge is -2.14. The van der Waals surface area contributed by atoms with Crippen molar-refractivity contribution in [2.75, 3.05) is 19.5 Å². The number of nitrogens with one attached hydrogen (secondary N) is 1. The van der Waals surface area contributed by atoms with E-state index in [1.807, 2.05) is 24.3 Å². The van der Waals surface area contributed by atoms with Crippen molar-refractivity contribution in [2.24, 2.45) is 0 Å². The molecule has 2 aromatic heterocycles. The fraction of sp³-hybridized carbons (Fsp3) is 0.280. The van der Waals surface area contributed by atoms with Crippen molar-refractivity contribution in [3.05, 3.63) is 68.3 Å². The number of thioether (sulfide) groups is 1. The van der Waals surface area contributed by atoms with Gasteiger partial charge in [0.05, 0.1) is 24.1 Å². The molecule has 0 atom stereocenters. The highest BCUT2D eigenvalue weighted by Crippen LogP contribution is 2.40. The third kappa shape index (κ3) is 4.63. The van der Waals surface area contributed by atoms with Crippen molar-refractivity contribution in [1.82, 2.24) is 9.97 Å². The molecule has 0 spiro atoms. The van der Waals surface area contributed by atoms with Crippen LogP contribution in [0, 0.1) is 0 Å². The summed E-state index contributed by atoms with van der Waals surface area (Å²) >= 11 is 9.92. The molecular formula is C25H23ClN2O3S2. The summed E-state index contributed by atoms with van der Waals surface area (Å²) in [7, 11) is 1.58. The summed E-state index contributed by atoms with van der Waals surface area (Å²) in [6.45, 7) is 0.483. The van der Waals surface area contributed by atoms with Gasteiger partial charge in [-0.2, -0.15) is 0 Å². The molecule has 4 aromatic rings. The van der Waals surface area contributed by atoms with E-state index in [1.165, 1.54) is 21.8 Å². The summed E-state index contributed by atoms with van der Waals surface area (Å²) in [6, 6.07) is 13.7. The number of hydrogen-bond donors (Lipinski definition) is 1. The fourth-order valence-corrected chi connectivity index (χ4v) is 6.40. The smallest absolute Gasteiger partial charge is 0.260 e. The lowest BCUT2D eigenvalue weighted by Crippen LogP contribution is -2.11. The number of nitrogens with zero attached hydrogens (tertiary/aromatic N) is 1. The maximum atomic E-state index is 12.9. The van der Waals surface area contributed by atoms with Gasteiger partial charge in [0.1, 0.15) is 10.7 Å². The van der Waals surface area contributed by atoms with Gasteiger partial charge < -0.3 is 14.5 Å². The van der Waals surface area contributed by atoms with Crippen LogP contribution >= 0.6 is 34.7 Å². The van der Waals surface area contributed by atoms with Gasteiger partial charge in [-0.1, -0.05) is 29.8 Å². The van der Waals surface area contributed by atoms with Crippen molar-refractivity contribution in [2.45, 2.75) is 30.6 Å². The van der Waals surface area contributed by atoms with Crippen LogP contribution in [0.3, 0.4) is 0 Å². The lowest BCUT2D eigenvalue weighted by molar-refractivity contribution is 0.314. The maximum absolute atomic E-state index is 12.9. The van der Waals surface area contributed by atoms with Crippen molar-refractivity contribution >= 4 is 44.9 Å². The summed E-state index contributed by atoms with van der Waals surface area (Å²) in [5, 5.41) is 1.16. The molecule has 0 saturated carbocycles. The molecule has 5 nitrogen and oxygen atoms in total. The number of halogens is 1. The van der Waals surface area contributed by atoms with E-state index in [0.29, 0.717) is 34.5 Å². The van der Waals surface area contributed by atoms with Crippen molar-refractivity contribution < 1.29 is 9.47 Å². The van der Waals surface area contributed by atoms with Gasteiger partial charge in [0.15, 0.2) is 11.5 Å². The highest BCUT2D eigenvalue weighted by Gasteiger charge is 2.21. The van der Waals surface area contributed by atoms with Crippen LogP contribution < -0.4 is 15.0 Å². The Bertz CT molecular complexity index is 1350. The van der Waals surface area contributed by atoms with Crippen LogP contribution in [0.2, 0.25) is 5.02 Å². The second-order valence-electron chi connectivity index (χ2n) is 7.81. The topological polar surface area (TPSA) is 64.2 Å². The zero-order valence-corrected chi connectivity index (χ0v) is 20.5. The molecule has 1 aliphatic carbocycles. The second kappa shape index (κ2) is 9.79. The van der Waals surface area contributed by atoms with Crippen LogP contribution in [0.15, 0.2) is 52.2 Å². The molecule has 8 heteroatoms. The lowest BCUT2D eigenvalue weighted by atomic mass is 9.97. The van der Waals surface area contributed by atoms with Crippen LogP contribution in [0.5, 0.6) is 11.5 Å². The monoisotopic (exact) mass is 498 g/mol. The van der Waals surface area contributed by atoms with Gasteiger partial charge in [-0.25, -0.2) is 4.98 Å². The number of methoxy groups -OCH3 is 1. The number of benzene rings is 2. The zero-order valence-electron chi connectivity index (χ0n) is 18.2. The molecule has 0 radical (unpaired) electrons. The van der Waals surface area contributed by atoms with E-state index in [1.54, 1.807) is 36.3 Å². The SMILES string of the molecule is COc1cc(-c2nc3sc4c(c3c(=O)[nH]2)CCCC4)cc(Cl)c1OCCSc1ccccc1. The largest absolute Gasteiger partial charge is 0.493 e. The number of rotatable bonds is 7. The van der Waals surface area contributed by atoms with Crippen LogP contribution in [0.4, 0.5) is 0 Å². The van der Waals surface area contributed by atoms with Gasteiger partial charge in [0, 0.05) is 21.1 Å². The molecule has 0 amide bonds. The van der Waals surface area contributed by atoms with Gasteiger partial charge in [-0.15, -0.1) is 23.1 Å². The Morgan fingerprint density at radius 3 is 2.82 bits per heavy atom. The molecule has 5 rings (SSSR count). The van der Waals surface area contributed by atoms with E-state index in [4.69, 9.17) is 26.1 Å². The first-order valence-corrected chi connectivity index (χ1v) is 13.0. The number of fused-ring (bicyclic) bond motifs is 3. The molecule has 2 aromatic carbocycles. The average Bonchev–Trinajstić information content (AvgIpc) is 3.22. The predicted molar refractivity (Wildman–Crippen MR) is 137 cm³/mol. The van der Waals surface area contributed by atoms with E-state index < -0.39 is 0 Å². The van der Waals surface area contributed by atoms with Gasteiger partial charge in [-0.3, -0.25) is 4.79 Å². The molecule has 2 heterocycles. The third-order valence-electron chi connectivity index (χ3n) is 5.67. The molecule has 170 valence electrons. The van der Waals surface area contributed by atoms with Crippen LogP contribution in [0.25, 0.3) is 21.6 Å². The summed E-state index contributed by atoms with van der Waals surface area (Å²) in [5.41, 5.74) is 1.77. The van der Waals surface area contributed by atoms with Crippen LogP contribution in [-0.4, -0.2) is 29.4 Å². The molecule has 0 aliphatic heterocycles. The molecule has 33 heavy (non-hydrogen) atoms. The Hall–Kier alpha value is -2.48. The quantitative estimate of drug-likeness (QED) is 0.237. The Balaban J connectivity index is 1.39. The average molecular weight is 499 g/mol. The molecule has 0 fully saturated rings. The molecule has 0 unspecified atom stereocenters. The number of aromatic nitrogens is 2. The molecule has 0 bridgehead atoms. The Morgan fingerprint density at radius 2 is 2.00 bits per heavy atom. The second-order valence-corrected chi connectivity index (χ2v) is 10.5. The van der Waals surface area contributed by atoms with E-state index in [0.717, 1.165) is 35.2 Å². The third-order valence-corrected chi connectivity index (χ3v) is 8.11. The van der Waals surface area contributed by atoms with E-state index in [9.17, 15) is 4.79 Å². The van der Waals surface area contributed by atoms with E-state index >= 15 is 0 Å². The van der Waals surface area contributed by atoms with Gasteiger partial charge in [-0.05, 0) is 55.5 Å². The summed E-state index contributed by atoms with van der Waals surface area (Å²) in [6.07, 6.45) is 4.27. The Kier molecular flexibility index (Phi) is 6.62. The van der Waals surface area contributed by atoms with Gasteiger partial charge in [0.2, 0.25) is 0 Å². The van der Waals surface area contributed by atoms with Crippen LogP contribution in [-0.2, 0) is 12.8 Å². The van der Waals surface area contributed by atoms with E-state index in [2.05, 4.69) is 17.1 Å². The number of hydrogen-bond acceptors (Lipinski definition) is 6. The van der Waals surface area contributed by atoms with Gasteiger partial charge in [0.25, 0.3) is 5.56 Å². The zero-order chi connectivity index (χ0) is 22.8. The maximum Gasteiger partial charge on any atom is 0.260 e. The molecule has 1 aliphatic rings. The van der Waals surface area contributed by atoms with Crippen molar-refractivity contribution in [1.29, 1.82) is 0 Å². The minimum absolute atomic E-state index is 0.0947. The minimum Gasteiger partial charge on any atom is -0.493 e. The number of thiophene rings is 1. The van der Waals surface area contributed by atoms with Crippen molar-refractivity contribution in [3.63, 3.8) is 0 Å². The molecule has 0 saturated heterocycles. The molecule has 1 N–H and O–H groups in total. The van der Waals surface area contributed by atoms with E-state index in [-0.39, 0.29) is 5.56 Å². The number of H-pyrrole nitrogens is 1. The number of ether oxygens (including phenoxy) is 2. The minimum atomic E-state index is -0.0947. The first-order valence-electron chi connectivity index (χ1n) is 10.9. The first kappa shape index (κ1) is 22.3. The summed E-state index contributed by atoms with van der Waals surface area (Å²) in [5.74, 6) is 2.26. The number of aryl methyl sites for hydroxylation is 2. The summed E-state index contributed by atoms with van der Waals surface area (Å²) in [4.78, 5) is 23.9. The fourth-order valence-electron chi connectivity index (χ4n) is 4.12. The Labute approximate surface area is 205 Å². The highest BCUT2D eigenvalue weighted by atomic mass is 35.5. The number of aromatic amines is 1. The normalized spacial score (nSPS) is 13.2. The van der Waals surface area contributed by atoms with Gasteiger partial charge >= 0.3 is 0 Å². The predicted octanol–water partition coefficient (Wildman–Crippen LogP) is 6.36. The van der Waals surface area contributed by atoms with Crippen molar-refractivity contribution in [3.8, 4) is 22.9 Å².